The van der Waals surface area contributed by atoms with Crippen LogP contribution in [0.25, 0.3) is 0 Å². The summed E-state index contributed by atoms with van der Waals surface area (Å²) in [5.41, 5.74) is 0. The molecule has 0 saturated heterocycles. The van der Waals surface area contributed by atoms with E-state index in [-0.39, 0.29) is 31.1 Å². The molecule has 0 heterocycles. The molecule has 0 aliphatic carbocycles. The highest BCUT2D eigenvalue weighted by atomic mass is 16.6. The summed E-state index contributed by atoms with van der Waals surface area (Å²) in [4.78, 5) is 37.8. The first-order valence-corrected chi connectivity index (χ1v) is 25.0. The SMILES string of the molecule is CCCCCCCCCCCCCCCCCC(=O)OC[C@H](COC(=O)CCCCCCCCCCCCCCC)OC(=O)CCCCCCCCCCCC. The quantitative estimate of drug-likeness (QED) is 0.0347. The molecule has 0 aromatic rings. The molecule has 0 aromatic carbocycles. The summed E-state index contributed by atoms with van der Waals surface area (Å²) < 4.78 is 16.8. The summed E-state index contributed by atoms with van der Waals surface area (Å²) in [6.07, 6.45) is 47.9. The summed E-state index contributed by atoms with van der Waals surface area (Å²) in [7, 11) is 0. The highest BCUT2D eigenvalue weighted by Gasteiger charge is 2.19. The van der Waals surface area contributed by atoms with Crippen molar-refractivity contribution in [3.05, 3.63) is 0 Å². The Morgan fingerprint density at radius 2 is 0.482 bits per heavy atom. The van der Waals surface area contributed by atoms with Crippen LogP contribution in [0.3, 0.4) is 0 Å². The molecule has 0 N–H and O–H groups in total. The number of ether oxygens (including phenoxy) is 3. The van der Waals surface area contributed by atoms with Gasteiger partial charge >= 0.3 is 17.9 Å². The maximum atomic E-state index is 12.7. The van der Waals surface area contributed by atoms with E-state index in [9.17, 15) is 14.4 Å². The molecule has 0 fully saturated rings. The van der Waals surface area contributed by atoms with E-state index < -0.39 is 6.10 Å². The van der Waals surface area contributed by atoms with Crippen molar-refractivity contribution < 1.29 is 28.6 Å². The standard InChI is InChI=1S/C50H96O6/c1-4-7-10-13-16-19-22-24-25-27-29-32-34-37-40-43-49(52)55-46-47(56-50(53)44-41-38-35-30-21-18-15-12-9-6-3)45-54-48(51)42-39-36-33-31-28-26-23-20-17-14-11-8-5-2/h47H,4-46H2,1-3H3/t47-/m0/s1. The van der Waals surface area contributed by atoms with Crippen molar-refractivity contribution in [2.75, 3.05) is 13.2 Å². The van der Waals surface area contributed by atoms with Crippen molar-refractivity contribution in [2.24, 2.45) is 0 Å². The third-order valence-electron chi connectivity index (χ3n) is 11.4. The van der Waals surface area contributed by atoms with Crippen molar-refractivity contribution >= 4 is 17.9 Å². The topological polar surface area (TPSA) is 78.9 Å². The van der Waals surface area contributed by atoms with E-state index >= 15 is 0 Å². The Hall–Kier alpha value is -1.59. The van der Waals surface area contributed by atoms with Gasteiger partial charge in [0.25, 0.3) is 0 Å². The van der Waals surface area contributed by atoms with Crippen molar-refractivity contribution in [3.8, 4) is 0 Å². The van der Waals surface area contributed by atoms with Crippen LogP contribution in [0.5, 0.6) is 0 Å². The van der Waals surface area contributed by atoms with Gasteiger partial charge in [-0.15, -0.1) is 0 Å². The molecule has 0 amide bonds. The van der Waals surface area contributed by atoms with Crippen LogP contribution in [0, 0.1) is 0 Å². The maximum absolute atomic E-state index is 12.7. The average Bonchev–Trinajstić information content (AvgIpc) is 3.19. The molecule has 6 nitrogen and oxygen atoms in total. The Labute approximate surface area is 348 Å². The number of rotatable bonds is 46. The van der Waals surface area contributed by atoms with Gasteiger partial charge in [-0.1, -0.05) is 245 Å². The lowest BCUT2D eigenvalue weighted by atomic mass is 10.0. The molecule has 0 aliphatic heterocycles. The predicted octanol–water partition coefficient (Wildman–Crippen LogP) is 16.0. The first kappa shape index (κ1) is 54.4. The molecule has 56 heavy (non-hydrogen) atoms. The molecule has 0 aliphatic rings. The fourth-order valence-corrected chi connectivity index (χ4v) is 7.56. The molecular formula is C50H96O6. The molecule has 0 unspecified atom stereocenters. The van der Waals surface area contributed by atoms with Crippen LogP contribution in [-0.2, 0) is 28.6 Å². The minimum atomic E-state index is -0.758. The second-order valence-corrected chi connectivity index (χ2v) is 17.1. The van der Waals surface area contributed by atoms with E-state index in [1.54, 1.807) is 0 Å². The number of carbonyl (C=O) groups excluding carboxylic acids is 3. The third-order valence-corrected chi connectivity index (χ3v) is 11.4. The van der Waals surface area contributed by atoms with E-state index in [0.717, 1.165) is 57.8 Å². The normalized spacial score (nSPS) is 11.8. The summed E-state index contributed by atoms with van der Waals surface area (Å²) >= 11 is 0. The fourth-order valence-electron chi connectivity index (χ4n) is 7.56. The number of hydrogen-bond acceptors (Lipinski definition) is 6. The summed E-state index contributed by atoms with van der Waals surface area (Å²) in [6, 6.07) is 0. The largest absolute Gasteiger partial charge is 0.462 e. The third kappa shape index (κ3) is 43.5. The smallest absolute Gasteiger partial charge is 0.306 e. The number of hydrogen-bond donors (Lipinski definition) is 0. The van der Waals surface area contributed by atoms with Crippen LogP contribution in [-0.4, -0.2) is 37.2 Å². The zero-order valence-corrected chi connectivity index (χ0v) is 37.9. The molecule has 0 radical (unpaired) electrons. The number of unbranched alkanes of at least 4 members (excludes halogenated alkanes) is 35. The second-order valence-electron chi connectivity index (χ2n) is 17.1. The fraction of sp³-hybridized carbons (Fsp3) is 0.940. The van der Waals surface area contributed by atoms with Gasteiger partial charge in [0.15, 0.2) is 6.10 Å². The predicted molar refractivity (Wildman–Crippen MR) is 238 cm³/mol. The Balaban J connectivity index is 4.27. The Morgan fingerprint density at radius 1 is 0.286 bits per heavy atom. The van der Waals surface area contributed by atoms with E-state index in [2.05, 4.69) is 20.8 Å². The van der Waals surface area contributed by atoms with Gasteiger partial charge in [-0.2, -0.15) is 0 Å². The van der Waals surface area contributed by atoms with E-state index in [0.29, 0.717) is 19.3 Å². The molecule has 1 atom stereocenters. The molecular weight excluding hydrogens is 697 g/mol. The lowest BCUT2D eigenvalue weighted by molar-refractivity contribution is -0.167. The van der Waals surface area contributed by atoms with Gasteiger partial charge in [0, 0.05) is 19.3 Å². The summed E-state index contributed by atoms with van der Waals surface area (Å²) in [6.45, 7) is 6.66. The lowest BCUT2D eigenvalue weighted by Gasteiger charge is -2.18. The van der Waals surface area contributed by atoms with Crippen molar-refractivity contribution in [1.29, 1.82) is 0 Å². The Bertz CT molecular complexity index is 828. The van der Waals surface area contributed by atoms with E-state index in [1.807, 2.05) is 0 Å². The van der Waals surface area contributed by atoms with Gasteiger partial charge in [-0.3, -0.25) is 14.4 Å². The van der Waals surface area contributed by atoms with Crippen molar-refractivity contribution in [2.45, 2.75) is 290 Å². The summed E-state index contributed by atoms with van der Waals surface area (Å²) in [5.74, 6) is -0.845. The van der Waals surface area contributed by atoms with Crippen LogP contribution < -0.4 is 0 Å². The van der Waals surface area contributed by atoms with Crippen molar-refractivity contribution in [1.82, 2.24) is 0 Å². The Kier molecular flexibility index (Phi) is 44.8. The Morgan fingerprint density at radius 3 is 0.714 bits per heavy atom. The van der Waals surface area contributed by atoms with Crippen molar-refractivity contribution in [3.63, 3.8) is 0 Å². The minimum Gasteiger partial charge on any atom is -0.462 e. The van der Waals surface area contributed by atoms with Crippen LogP contribution in [0.2, 0.25) is 0 Å². The highest BCUT2D eigenvalue weighted by Crippen LogP contribution is 2.16. The average molecular weight is 793 g/mol. The van der Waals surface area contributed by atoms with Gasteiger partial charge < -0.3 is 14.2 Å². The second kappa shape index (κ2) is 46.1. The van der Waals surface area contributed by atoms with Gasteiger partial charge in [0.2, 0.25) is 0 Å². The zero-order valence-electron chi connectivity index (χ0n) is 37.9. The molecule has 0 saturated carbocycles. The molecule has 0 spiro atoms. The van der Waals surface area contributed by atoms with Gasteiger partial charge in [-0.25, -0.2) is 0 Å². The van der Waals surface area contributed by atoms with Gasteiger partial charge in [-0.05, 0) is 19.3 Å². The van der Waals surface area contributed by atoms with Crippen LogP contribution in [0.15, 0.2) is 0 Å². The molecule has 0 bridgehead atoms. The monoisotopic (exact) mass is 793 g/mol. The molecule has 0 aromatic heterocycles. The first-order valence-electron chi connectivity index (χ1n) is 25.0. The van der Waals surface area contributed by atoms with E-state index in [4.69, 9.17) is 14.2 Å². The summed E-state index contributed by atoms with van der Waals surface area (Å²) in [5, 5.41) is 0. The minimum absolute atomic E-state index is 0.0621. The number of carbonyl (C=O) groups is 3. The van der Waals surface area contributed by atoms with Gasteiger partial charge in [0.1, 0.15) is 13.2 Å². The lowest BCUT2D eigenvalue weighted by Crippen LogP contribution is -2.30. The molecule has 6 heteroatoms. The van der Waals surface area contributed by atoms with Gasteiger partial charge in [0.05, 0.1) is 0 Å². The molecule has 0 rings (SSSR count). The molecule has 332 valence electrons. The zero-order chi connectivity index (χ0) is 40.8. The number of esters is 3. The van der Waals surface area contributed by atoms with E-state index in [1.165, 1.54) is 186 Å². The van der Waals surface area contributed by atoms with Crippen LogP contribution >= 0.6 is 0 Å². The first-order chi connectivity index (χ1) is 27.5. The highest BCUT2D eigenvalue weighted by molar-refractivity contribution is 5.71. The van der Waals surface area contributed by atoms with Crippen LogP contribution in [0.4, 0.5) is 0 Å². The maximum Gasteiger partial charge on any atom is 0.306 e. The van der Waals surface area contributed by atoms with Crippen LogP contribution in [0.1, 0.15) is 284 Å².